The molecule has 2 aromatic rings. The maximum absolute atomic E-state index is 5.40. The Balaban J connectivity index is 2.18. The van der Waals surface area contributed by atoms with E-state index in [4.69, 9.17) is 4.74 Å². The van der Waals surface area contributed by atoms with Gasteiger partial charge in [-0.15, -0.1) is 5.10 Å². The van der Waals surface area contributed by atoms with E-state index >= 15 is 0 Å². The monoisotopic (exact) mass is 253 g/mol. The van der Waals surface area contributed by atoms with Crippen LogP contribution in [-0.2, 0) is 0 Å². The minimum absolute atomic E-state index is 0.519. The van der Waals surface area contributed by atoms with E-state index in [1.54, 1.807) is 6.07 Å². The fraction of sp³-hybridized carbons (Fsp3) is 0.111. The number of H-pyrrole nitrogens is 1. The van der Waals surface area contributed by atoms with Crippen LogP contribution in [0.5, 0.6) is 11.8 Å². The molecule has 5 heteroatoms. The van der Waals surface area contributed by atoms with Gasteiger partial charge in [-0.05, 0) is 28.9 Å². The molecule has 1 N–H and O–H groups in total. The number of halogens is 1. The van der Waals surface area contributed by atoms with Gasteiger partial charge in [0.25, 0.3) is 0 Å². The van der Waals surface area contributed by atoms with Crippen LogP contribution in [-0.4, -0.2) is 15.2 Å². The van der Waals surface area contributed by atoms with Crippen LogP contribution in [0.25, 0.3) is 0 Å². The number of nitrogens with zero attached hydrogens (tertiary/aromatic N) is 2. The molecule has 0 aliphatic heterocycles. The van der Waals surface area contributed by atoms with Gasteiger partial charge in [0.2, 0.25) is 11.8 Å². The third-order valence-electron chi connectivity index (χ3n) is 1.58. The summed E-state index contributed by atoms with van der Waals surface area (Å²) in [6.45, 7) is 1.91. The molecule has 72 valence electrons. The molecule has 0 fully saturated rings. The second-order valence-electron chi connectivity index (χ2n) is 2.79. The van der Waals surface area contributed by atoms with Crippen LogP contribution in [0, 0.1) is 6.92 Å². The molecule has 2 heterocycles. The van der Waals surface area contributed by atoms with Crippen molar-refractivity contribution in [2.45, 2.75) is 6.92 Å². The van der Waals surface area contributed by atoms with Gasteiger partial charge in [-0.25, -0.2) is 4.98 Å². The average molecular weight is 254 g/mol. The largest absolute Gasteiger partial charge is 0.419 e. The van der Waals surface area contributed by atoms with Crippen molar-refractivity contribution in [2.24, 2.45) is 0 Å². The summed E-state index contributed by atoms with van der Waals surface area (Å²) in [4.78, 5) is 4.12. The zero-order chi connectivity index (χ0) is 9.97. The molecule has 2 aromatic heterocycles. The molecule has 0 radical (unpaired) electrons. The average Bonchev–Trinajstić information content (AvgIpc) is 2.51. The van der Waals surface area contributed by atoms with Gasteiger partial charge in [-0.3, -0.25) is 5.10 Å². The second-order valence-corrected chi connectivity index (χ2v) is 3.60. The Bertz CT molecular complexity index is 441. The third-order valence-corrected chi connectivity index (χ3v) is 2.02. The number of hydrogen-bond donors (Lipinski definition) is 1. The van der Waals surface area contributed by atoms with Gasteiger partial charge in [0.1, 0.15) is 4.60 Å². The topological polar surface area (TPSA) is 50.8 Å². The molecule has 0 aliphatic rings. The van der Waals surface area contributed by atoms with Gasteiger partial charge in [0.15, 0.2) is 0 Å². The predicted molar refractivity (Wildman–Crippen MR) is 55.3 cm³/mol. The second kappa shape index (κ2) is 3.79. The molecule has 0 saturated carbocycles. The fourth-order valence-electron chi connectivity index (χ4n) is 0.999. The highest BCUT2D eigenvalue weighted by Crippen LogP contribution is 2.19. The Morgan fingerprint density at radius 1 is 1.36 bits per heavy atom. The van der Waals surface area contributed by atoms with Crippen LogP contribution in [0.3, 0.4) is 0 Å². The molecular formula is C9H8BrN3O. The lowest BCUT2D eigenvalue weighted by Gasteiger charge is -1.99. The SMILES string of the molecule is Cc1cc(Oc2cccc(Br)n2)n[nH]1. The summed E-state index contributed by atoms with van der Waals surface area (Å²) in [7, 11) is 0. The van der Waals surface area contributed by atoms with E-state index in [-0.39, 0.29) is 0 Å². The molecule has 0 aliphatic carbocycles. The van der Waals surface area contributed by atoms with Crippen LogP contribution in [0.1, 0.15) is 5.69 Å². The summed E-state index contributed by atoms with van der Waals surface area (Å²) in [6, 6.07) is 7.27. The molecule has 0 amide bonds. The molecule has 0 saturated heterocycles. The summed E-state index contributed by atoms with van der Waals surface area (Å²) < 4.78 is 6.13. The van der Waals surface area contributed by atoms with E-state index in [9.17, 15) is 0 Å². The maximum atomic E-state index is 5.40. The number of pyridine rings is 1. The molecule has 0 atom stereocenters. The first-order valence-corrected chi connectivity index (χ1v) is 4.86. The fourth-order valence-corrected chi connectivity index (χ4v) is 1.33. The highest BCUT2D eigenvalue weighted by molar-refractivity contribution is 9.10. The van der Waals surface area contributed by atoms with Crippen molar-refractivity contribution in [3.8, 4) is 11.8 Å². The number of rotatable bonds is 2. The lowest BCUT2D eigenvalue weighted by atomic mass is 10.5. The molecule has 4 nitrogen and oxygen atoms in total. The van der Waals surface area contributed by atoms with Crippen molar-refractivity contribution in [2.75, 3.05) is 0 Å². The summed E-state index contributed by atoms with van der Waals surface area (Å²) in [5, 5.41) is 6.73. The van der Waals surface area contributed by atoms with Gasteiger partial charge in [0.05, 0.1) is 0 Å². The third kappa shape index (κ3) is 2.11. The number of hydrogen-bond acceptors (Lipinski definition) is 3. The number of ether oxygens (including phenoxy) is 1. The van der Waals surface area contributed by atoms with Crippen molar-refractivity contribution >= 4 is 15.9 Å². The zero-order valence-corrected chi connectivity index (χ0v) is 9.08. The first-order valence-electron chi connectivity index (χ1n) is 4.06. The number of aromatic amines is 1. The standard InChI is InChI=1S/C9H8BrN3O/c1-6-5-9(13-12-6)14-8-4-2-3-7(10)11-8/h2-5H,1H3,(H,12,13). The molecule has 0 aromatic carbocycles. The van der Waals surface area contributed by atoms with E-state index in [0.29, 0.717) is 11.8 Å². The number of nitrogens with one attached hydrogen (secondary N) is 1. The lowest BCUT2D eigenvalue weighted by molar-refractivity contribution is 0.442. The van der Waals surface area contributed by atoms with E-state index in [0.717, 1.165) is 10.3 Å². The van der Waals surface area contributed by atoms with Crippen molar-refractivity contribution < 1.29 is 4.74 Å². The number of aryl methyl sites for hydroxylation is 1. The van der Waals surface area contributed by atoms with Crippen molar-refractivity contribution in [1.82, 2.24) is 15.2 Å². The molecule has 0 spiro atoms. The van der Waals surface area contributed by atoms with Gasteiger partial charge in [0, 0.05) is 17.8 Å². The normalized spacial score (nSPS) is 10.1. The van der Waals surface area contributed by atoms with Crippen molar-refractivity contribution in [3.05, 3.63) is 34.6 Å². The minimum atomic E-state index is 0.519. The van der Waals surface area contributed by atoms with Gasteiger partial charge in [-0.2, -0.15) is 0 Å². The summed E-state index contributed by atoms with van der Waals surface area (Å²) in [5.41, 5.74) is 0.954. The summed E-state index contributed by atoms with van der Waals surface area (Å²) in [6.07, 6.45) is 0. The van der Waals surface area contributed by atoms with E-state index in [2.05, 4.69) is 31.1 Å². The van der Waals surface area contributed by atoms with Gasteiger partial charge >= 0.3 is 0 Å². The Morgan fingerprint density at radius 3 is 2.86 bits per heavy atom. The van der Waals surface area contributed by atoms with E-state index in [1.165, 1.54) is 0 Å². The van der Waals surface area contributed by atoms with Gasteiger partial charge < -0.3 is 4.74 Å². The molecule has 2 rings (SSSR count). The molecule has 14 heavy (non-hydrogen) atoms. The molecule has 0 bridgehead atoms. The summed E-state index contributed by atoms with van der Waals surface area (Å²) >= 11 is 3.26. The van der Waals surface area contributed by atoms with Crippen LogP contribution in [0.4, 0.5) is 0 Å². The Kier molecular flexibility index (Phi) is 2.49. The quantitative estimate of drug-likeness (QED) is 0.838. The lowest BCUT2D eigenvalue weighted by Crippen LogP contribution is -1.87. The minimum Gasteiger partial charge on any atom is -0.419 e. The Labute approximate surface area is 89.5 Å². The van der Waals surface area contributed by atoms with Crippen LogP contribution in [0.15, 0.2) is 28.9 Å². The Morgan fingerprint density at radius 2 is 2.21 bits per heavy atom. The van der Waals surface area contributed by atoms with Crippen LogP contribution in [0.2, 0.25) is 0 Å². The Hall–Kier alpha value is -1.36. The van der Waals surface area contributed by atoms with Crippen LogP contribution < -0.4 is 4.74 Å². The van der Waals surface area contributed by atoms with E-state index in [1.807, 2.05) is 25.1 Å². The number of aromatic nitrogens is 3. The van der Waals surface area contributed by atoms with Crippen molar-refractivity contribution in [1.29, 1.82) is 0 Å². The maximum Gasteiger partial charge on any atom is 0.240 e. The molecular weight excluding hydrogens is 246 g/mol. The summed E-state index contributed by atoms with van der Waals surface area (Å²) in [5.74, 6) is 1.04. The van der Waals surface area contributed by atoms with Gasteiger partial charge in [-0.1, -0.05) is 6.07 Å². The first-order chi connectivity index (χ1) is 6.74. The van der Waals surface area contributed by atoms with Crippen molar-refractivity contribution in [3.63, 3.8) is 0 Å². The van der Waals surface area contributed by atoms with Crippen LogP contribution >= 0.6 is 15.9 Å². The highest BCUT2D eigenvalue weighted by Gasteiger charge is 2.01. The first kappa shape index (κ1) is 9.21. The van der Waals surface area contributed by atoms with E-state index < -0.39 is 0 Å². The molecule has 0 unspecified atom stereocenters. The predicted octanol–water partition coefficient (Wildman–Crippen LogP) is 2.67. The smallest absolute Gasteiger partial charge is 0.240 e. The highest BCUT2D eigenvalue weighted by atomic mass is 79.9. The zero-order valence-electron chi connectivity index (χ0n) is 7.49.